The van der Waals surface area contributed by atoms with Crippen molar-refractivity contribution in [1.29, 1.82) is 0 Å². The second-order valence-corrected chi connectivity index (χ2v) is 5.82. The topological polar surface area (TPSA) is 89.8 Å². The van der Waals surface area contributed by atoms with Gasteiger partial charge in [-0.1, -0.05) is 11.6 Å². The Morgan fingerprint density at radius 1 is 1.23 bits per heavy atom. The Morgan fingerprint density at radius 3 is 2.81 bits per heavy atom. The van der Waals surface area contributed by atoms with Gasteiger partial charge < -0.3 is 5.32 Å². The zero-order chi connectivity index (χ0) is 18.7. The van der Waals surface area contributed by atoms with Gasteiger partial charge in [0.15, 0.2) is 0 Å². The van der Waals surface area contributed by atoms with Gasteiger partial charge >= 0.3 is 0 Å². The molecule has 3 aromatic rings. The molecular formula is C17H13ClFN5O2. The van der Waals surface area contributed by atoms with Gasteiger partial charge in [-0.2, -0.15) is 0 Å². The standard InChI is InChI=1S/C17H13ClFN5O2/c1-24-15(20-3-2-16(24)25)8-21-17(26)14-7-13(22-9-23-14)10-4-11(18)6-12(19)5-10/h2-7,9H,8H2,1H3,(H,21,26). The highest BCUT2D eigenvalue weighted by Crippen LogP contribution is 2.22. The van der Waals surface area contributed by atoms with E-state index in [-0.39, 0.29) is 22.8 Å². The smallest absolute Gasteiger partial charge is 0.270 e. The highest BCUT2D eigenvalue weighted by atomic mass is 35.5. The molecule has 0 fully saturated rings. The van der Waals surface area contributed by atoms with E-state index in [1.165, 1.54) is 47.4 Å². The molecule has 1 N–H and O–H groups in total. The van der Waals surface area contributed by atoms with Gasteiger partial charge in [0.05, 0.1) is 12.2 Å². The zero-order valence-electron chi connectivity index (χ0n) is 13.6. The highest BCUT2D eigenvalue weighted by Gasteiger charge is 2.12. The van der Waals surface area contributed by atoms with Crippen LogP contribution in [0.1, 0.15) is 16.3 Å². The number of carbonyl (C=O) groups is 1. The maximum Gasteiger partial charge on any atom is 0.270 e. The Morgan fingerprint density at radius 2 is 2.04 bits per heavy atom. The molecule has 26 heavy (non-hydrogen) atoms. The van der Waals surface area contributed by atoms with Crippen LogP contribution in [0.15, 0.2) is 47.7 Å². The van der Waals surface area contributed by atoms with E-state index in [2.05, 4.69) is 20.3 Å². The van der Waals surface area contributed by atoms with Gasteiger partial charge in [-0.25, -0.2) is 19.3 Å². The van der Waals surface area contributed by atoms with Crippen LogP contribution in [0.4, 0.5) is 4.39 Å². The second-order valence-electron chi connectivity index (χ2n) is 5.39. The average molecular weight is 374 g/mol. The normalized spacial score (nSPS) is 10.6. The van der Waals surface area contributed by atoms with Crippen molar-refractivity contribution in [2.45, 2.75) is 6.54 Å². The number of amides is 1. The van der Waals surface area contributed by atoms with E-state index in [1.54, 1.807) is 7.05 Å². The molecule has 7 nitrogen and oxygen atoms in total. The van der Waals surface area contributed by atoms with E-state index >= 15 is 0 Å². The third-order valence-corrected chi connectivity index (χ3v) is 3.84. The molecule has 0 bridgehead atoms. The number of benzene rings is 1. The van der Waals surface area contributed by atoms with Crippen LogP contribution in [-0.2, 0) is 13.6 Å². The molecule has 0 atom stereocenters. The van der Waals surface area contributed by atoms with Gasteiger partial charge in [-0.15, -0.1) is 0 Å². The van der Waals surface area contributed by atoms with E-state index in [9.17, 15) is 14.0 Å². The average Bonchev–Trinajstić information content (AvgIpc) is 2.62. The molecule has 0 aliphatic heterocycles. The largest absolute Gasteiger partial charge is 0.343 e. The summed E-state index contributed by atoms with van der Waals surface area (Å²) in [7, 11) is 1.56. The van der Waals surface area contributed by atoms with Gasteiger partial charge in [0.25, 0.3) is 11.5 Å². The molecule has 0 saturated carbocycles. The monoisotopic (exact) mass is 373 g/mol. The first-order valence-electron chi connectivity index (χ1n) is 7.51. The number of halogens is 2. The van der Waals surface area contributed by atoms with Crippen molar-refractivity contribution in [3.8, 4) is 11.3 Å². The zero-order valence-corrected chi connectivity index (χ0v) is 14.4. The fourth-order valence-electron chi connectivity index (χ4n) is 2.27. The lowest BCUT2D eigenvalue weighted by Crippen LogP contribution is -2.29. The lowest BCUT2D eigenvalue weighted by Gasteiger charge is -2.08. The number of nitrogens with zero attached hydrogens (tertiary/aromatic N) is 4. The minimum Gasteiger partial charge on any atom is -0.343 e. The van der Waals surface area contributed by atoms with Crippen LogP contribution in [0, 0.1) is 5.82 Å². The van der Waals surface area contributed by atoms with Crippen molar-refractivity contribution in [3.05, 3.63) is 75.6 Å². The molecule has 1 amide bonds. The number of hydrogen-bond acceptors (Lipinski definition) is 5. The van der Waals surface area contributed by atoms with Crippen LogP contribution in [0.25, 0.3) is 11.3 Å². The molecule has 3 rings (SSSR count). The molecule has 1 aromatic carbocycles. The molecule has 9 heteroatoms. The lowest BCUT2D eigenvalue weighted by molar-refractivity contribution is 0.0944. The Hall–Kier alpha value is -3.13. The van der Waals surface area contributed by atoms with Crippen LogP contribution in [0.2, 0.25) is 5.02 Å². The summed E-state index contributed by atoms with van der Waals surface area (Å²) >= 11 is 5.85. The summed E-state index contributed by atoms with van der Waals surface area (Å²) in [6, 6.07) is 6.74. The van der Waals surface area contributed by atoms with Gasteiger partial charge in [-0.05, 0) is 24.3 Å². The number of aromatic nitrogens is 4. The summed E-state index contributed by atoms with van der Waals surface area (Å²) in [5.74, 6) is -0.584. The van der Waals surface area contributed by atoms with Crippen LogP contribution in [0.5, 0.6) is 0 Å². The molecule has 0 aliphatic carbocycles. The first-order chi connectivity index (χ1) is 12.4. The van der Waals surface area contributed by atoms with Crippen LogP contribution in [0.3, 0.4) is 0 Å². The van der Waals surface area contributed by atoms with E-state index in [4.69, 9.17) is 11.6 Å². The van der Waals surface area contributed by atoms with Crippen molar-refractivity contribution in [2.24, 2.45) is 7.05 Å². The minimum absolute atomic E-state index is 0.0521. The Labute approximate surface area is 152 Å². The fourth-order valence-corrected chi connectivity index (χ4v) is 2.49. The molecule has 0 aliphatic rings. The molecule has 2 heterocycles. The maximum atomic E-state index is 13.5. The maximum absolute atomic E-state index is 13.5. The lowest BCUT2D eigenvalue weighted by atomic mass is 10.1. The summed E-state index contributed by atoms with van der Waals surface area (Å²) in [5, 5.41) is 2.86. The summed E-state index contributed by atoms with van der Waals surface area (Å²) in [6.45, 7) is 0.0521. The van der Waals surface area contributed by atoms with Gasteiger partial charge in [-0.3, -0.25) is 14.2 Å². The van der Waals surface area contributed by atoms with Gasteiger partial charge in [0.2, 0.25) is 0 Å². The van der Waals surface area contributed by atoms with E-state index in [0.29, 0.717) is 17.1 Å². The van der Waals surface area contributed by atoms with E-state index < -0.39 is 11.7 Å². The summed E-state index contributed by atoms with van der Waals surface area (Å²) in [4.78, 5) is 35.9. The number of nitrogens with one attached hydrogen (secondary N) is 1. The summed E-state index contributed by atoms with van der Waals surface area (Å²) in [6.07, 6.45) is 2.58. The van der Waals surface area contributed by atoms with Gasteiger partial charge in [0.1, 0.15) is 23.7 Å². The van der Waals surface area contributed by atoms with E-state index in [0.717, 1.165) is 0 Å². The Balaban J connectivity index is 1.80. The van der Waals surface area contributed by atoms with Gasteiger partial charge in [0, 0.05) is 29.9 Å². The minimum atomic E-state index is -0.506. The van der Waals surface area contributed by atoms with Crippen LogP contribution in [-0.4, -0.2) is 25.4 Å². The quantitative estimate of drug-likeness (QED) is 0.755. The van der Waals surface area contributed by atoms with Crippen molar-refractivity contribution < 1.29 is 9.18 Å². The predicted octanol–water partition coefficient (Wildman–Crippen LogP) is 1.96. The Bertz CT molecular complexity index is 1020. The number of carbonyl (C=O) groups excluding carboxylic acids is 1. The van der Waals surface area contributed by atoms with Crippen LogP contribution >= 0.6 is 11.6 Å². The fraction of sp³-hybridized carbons (Fsp3) is 0.118. The van der Waals surface area contributed by atoms with Crippen LogP contribution < -0.4 is 10.9 Å². The third kappa shape index (κ3) is 3.92. The van der Waals surface area contributed by atoms with Crippen molar-refractivity contribution in [1.82, 2.24) is 24.8 Å². The number of rotatable bonds is 4. The molecule has 0 spiro atoms. The predicted molar refractivity (Wildman–Crippen MR) is 93.1 cm³/mol. The second kappa shape index (κ2) is 7.40. The van der Waals surface area contributed by atoms with Crippen molar-refractivity contribution in [2.75, 3.05) is 0 Å². The summed E-state index contributed by atoms with van der Waals surface area (Å²) in [5.41, 5.74) is 0.656. The molecular weight excluding hydrogens is 361 g/mol. The first-order valence-corrected chi connectivity index (χ1v) is 7.89. The highest BCUT2D eigenvalue weighted by molar-refractivity contribution is 6.30. The molecule has 0 saturated heterocycles. The molecule has 0 unspecified atom stereocenters. The molecule has 2 aromatic heterocycles. The first kappa shape index (κ1) is 17.7. The van der Waals surface area contributed by atoms with Crippen molar-refractivity contribution in [3.63, 3.8) is 0 Å². The summed E-state index contributed by atoms with van der Waals surface area (Å²) < 4.78 is 14.8. The Kier molecular flexibility index (Phi) is 5.04. The van der Waals surface area contributed by atoms with Crippen molar-refractivity contribution >= 4 is 17.5 Å². The number of hydrogen-bond donors (Lipinski definition) is 1. The third-order valence-electron chi connectivity index (χ3n) is 3.62. The van der Waals surface area contributed by atoms with E-state index in [1.807, 2.05) is 0 Å². The molecule has 132 valence electrons. The SMILES string of the molecule is Cn1c(CNC(=O)c2cc(-c3cc(F)cc(Cl)c3)ncn2)nccc1=O. The molecule has 0 radical (unpaired) electrons.